The first-order valence-corrected chi connectivity index (χ1v) is 5.60. The number of nitrogens with zero attached hydrogens (tertiary/aromatic N) is 1. The predicted molar refractivity (Wildman–Crippen MR) is 60.2 cm³/mol. The Morgan fingerprint density at radius 1 is 1.25 bits per heavy atom. The molecule has 94 valence electrons. The molecule has 1 amide bonds. The van der Waals surface area contributed by atoms with E-state index in [4.69, 9.17) is 9.84 Å². The monoisotopic (exact) mass is 231 g/mol. The largest absolute Gasteiger partial charge is 0.481 e. The van der Waals surface area contributed by atoms with Crippen LogP contribution in [0.25, 0.3) is 0 Å². The topological polar surface area (TPSA) is 66.8 Å². The van der Waals surface area contributed by atoms with Crippen LogP contribution in [0.1, 0.15) is 32.6 Å². The number of carboxylic acid groups (broad SMARTS) is 1. The SMILES string of the molecule is CCCCC(=O)N(CCOC)CCC(=O)O. The van der Waals surface area contributed by atoms with E-state index in [1.807, 2.05) is 6.92 Å². The molecule has 0 aromatic rings. The highest BCUT2D eigenvalue weighted by Gasteiger charge is 2.13. The third-order valence-electron chi connectivity index (χ3n) is 2.26. The van der Waals surface area contributed by atoms with Crippen molar-refractivity contribution in [1.29, 1.82) is 0 Å². The molecule has 0 aliphatic carbocycles. The molecule has 5 nitrogen and oxygen atoms in total. The van der Waals surface area contributed by atoms with Crippen LogP contribution in [0, 0.1) is 0 Å². The maximum Gasteiger partial charge on any atom is 0.305 e. The zero-order valence-electron chi connectivity index (χ0n) is 10.1. The number of unbranched alkanes of at least 4 members (excludes halogenated alkanes) is 1. The van der Waals surface area contributed by atoms with Crippen LogP contribution >= 0.6 is 0 Å². The van der Waals surface area contributed by atoms with Crippen LogP contribution in [0.3, 0.4) is 0 Å². The number of hydrogen-bond acceptors (Lipinski definition) is 3. The Hall–Kier alpha value is -1.10. The van der Waals surface area contributed by atoms with Crippen molar-refractivity contribution in [2.24, 2.45) is 0 Å². The molecule has 0 saturated carbocycles. The van der Waals surface area contributed by atoms with E-state index in [0.717, 1.165) is 12.8 Å². The number of methoxy groups -OCH3 is 1. The third kappa shape index (κ3) is 7.23. The number of hydrogen-bond donors (Lipinski definition) is 1. The van der Waals surface area contributed by atoms with E-state index < -0.39 is 5.97 Å². The number of amides is 1. The van der Waals surface area contributed by atoms with Crippen LogP contribution in [-0.2, 0) is 14.3 Å². The number of aliphatic carboxylic acids is 1. The minimum atomic E-state index is -0.884. The van der Waals surface area contributed by atoms with Gasteiger partial charge in [-0.1, -0.05) is 13.3 Å². The summed E-state index contributed by atoms with van der Waals surface area (Å²) in [5.74, 6) is -0.870. The van der Waals surface area contributed by atoms with Crippen molar-refractivity contribution in [3.8, 4) is 0 Å². The van der Waals surface area contributed by atoms with Gasteiger partial charge in [-0.3, -0.25) is 9.59 Å². The first-order chi connectivity index (χ1) is 7.61. The maximum absolute atomic E-state index is 11.7. The van der Waals surface area contributed by atoms with Crippen molar-refractivity contribution in [3.05, 3.63) is 0 Å². The molecule has 0 radical (unpaired) electrons. The highest BCUT2D eigenvalue weighted by atomic mass is 16.5. The smallest absolute Gasteiger partial charge is 0.305 e. The van der Waals surface area contributed by atoms with Crippen LogP contribution in [0.5, 0.6) is 0 Å². The summed E-state index contributed by atoms with van der Waals surface area (Å²) >= 11 is 0. The average molecular weight is 231 g/mol. The second-order valence-electron chi connectivity index (χ2n) is 3.62. The van der Waals surface area contributed by atoms with Crippen molar-refractivity contribution in [2.45, 2.75) is 32.6 Å². The van der Waals surface area contributed by atoms with Crippen LogP contribution in [-0.4, -0.2) is 48.7 Å². The normalized spacial score (nSPS) is 10.1. The van der Waals surface area contributed by atoms with E-state index in [1.165, 1.54) is 0 Å². The van der Waals surface area contributed by atoms with Gasteiger partial charge in [-0.05, 0) is 6.42 Å². The summed E-state index contributed by atoms with van der Waals surface area (Å²) in [4.78, 5) is 23.7. The Morgan fingerprint density at radius 3 is 2.44 bits per heavy atom. The quantitative estimate of drug-likeness (QED) is 0.646. The summed E-state index contributed by atoms with van der Waals surface area (Å²) in [6, 6.07) is 0. The van der Waals surface area contributed by atoms with Crippen molar-refractivity contribution >= 4 is 11.9 Å². The van der Waals surface area contributed by atoms with E-state index in [2.05, 4.69) is 0 Å². The molecule has 0 aliphatic heterocycles. The predicted octanol–water partition coefficient (Wildman–Crippen LogP) is 1.13. The fraction of sp³-hybridized carbons (Fsp3) is 0.818. The Kier molecular flexibility index (Phi) is 8.52. The highest BCUT2D eigenvalue weighted by Crippen LogP contribution is 2.02. The molecular weight excluding hydrogens is 210 g/mol. The van der Waals surface area contributed by atoms with E-state index in [-0.39, 0.29) is 18.9 Å². The lowest BCUT2D eigenvalue weighted by molar-refractivity contribution is -0.138. The van der Waals surface area contributed by atoms with Gasteiger partial charge in [-0.15, -0.1) is 0 Å². The van der Waals surface area contributed by atoms with Crippen molar-refractivity contribution in [2.75, 3.05) is 26.8 Å². The summed E-state index contributed by atoms with van der Waals surface area (Å²) in [5.41, 5.74) is 0. The Morgan fingerprint density at radius 2 is 1.94 bits per heavy atom. The van der Waals surface area contributed by atoms with Gasteiger partial charge in [0.2, 0.25) is 5.91 Å². The average Bonchev–Trinajstić information content (AvgIpc) is 2.25. The molecule has 0 heterocycles. The second-order valence-corrected chi connectivity index (χ2v) is 3.62. The maximum atomic E-state index is 11.7. The van der Waals surface area contributed by atoms with Gasteiger partial charge in [0.15, 0.2) is 0 Å². The van der Waals surface area contributed by atoms with Crippen molar-refractivity contribution in [3.63, 3.8) is 0 Å². The summed E-state index contributed by atoms with van der Waals surface area (Å²) in [6.07, 6.45) is 2.28. The molecular formula is C11H21NO4. The first-order valence-electron chi connectivity index (χ1n) is 5.60. The standard InChI is InChI=1S/C11H21NO4/c1-3-4-5-10(13)12(8-9-16-2)7-6-11(14)15/h3-9H2,1-2H3,(H,14,15). The molecule has 0 unspecified atom stereocenters. The summed E-state index contributed by atoms with van der Waals surface area (Å²) < 4.78 is 4.89. The highest BCUT2D eigenvalue weighted by molar-refractivity contribution is 5.77. The van der Waals surface area contributed by atoms with Gasteiger partial charge in [0, 0.05) is 26.6 Å². The van der Waals surface area contributed by atoms with Crippen LogP contribution in [0.2, 0.25) is 0 Å². The van der Waals surface area contributed by atoms with E-state index >= 15 is 0 Å². The minimum Gasteiger partial charge on any atom is -0.481 e. The van der Waals surface area contributed by atoms with E-state index in [9.17, 15) is 9.59 Å². The van der Waals surface area contributed by atoms with E-state index in [0.29, 0.717) is 19.6 Å². The van der Waals surface area contributed by atoms with Crippen molar-refractivity contribution < 1.29 is 19.4 Å². The second kappa shape index (κ2) is 9.15. The Bertz CT molecular complexity index is 218. The van der Waals surface area contributed by atoms with Gasteiger partial charge in [-0.2, -0.15) is 0 Å². The number of carbonyl (C=O) groups is 2. The van der Waals surface area contributed by atoms with Crippen LogP contribution < -0.4 is 0 Å². The molecule has 0 rings (SSSR count). The molecule has 0 aliphatic rings. The fourth-order valence-corrected chi connectivity index (χ4v) is 1.28. The van der Waals surface area contributed by atoms with Gasteiger partial charge in [0.1, 0.15) is 0 Å². The number of rotatable bonds is 9. The van der Waals surface area contributed by atoms with Crippen LogP contribution in [0.4, 0.5) is 0 Å². The molecule has 0 saturated heterocycles. The Balaban J connectivity index is 4.06. The van der Waals surface area contributed by atoms with E-state index in [1.54, 1.807) is 12.0 Å². The summed E-state index contributed by atoms with van der Waals surface area (Å²) in [6.45, 7) is 3.19. The molecule has 16 heavy (non-hydrogen) atoms. The lowest BCUT2D eigenvalue weighted by Crippen LogP contribution is -2.35. The summed E-state index contributed by atoms with van der Waals surface area (Å²) in [5, 5.41) is 8.58. The molecule has 0 spiro atoms. The zero-order valence-corrected chi connectivity index (χ0v) is 10.1. The number of ether oxygens (including phenoxy) is 1. The Labute approximate surface area is 96.4 Å². The van der Waals surface area contributed by atoms with Gasteiger partial charge >= 0.3 is 5.97 Å². The van der Waals surface area contributed by atoms with Gasteiger partial charge in [0.05, 0.1) is 13.0 Å². The number of carbonyl (C=O) groups excluding carboxylic acids is 1. The molecule has 0 bridgehead atoms. The molecule has 5 heteroatoms. The third-order valence-corrected chi connectivity index (χ3v) is 2.26. The lowest BCUT2D eigenvalue weighted by atomic mass is 10.2. The number of carboxylic acids is 1. The van der Waals surface area contributed by atoms with Gasteiger partial charge < -0.3 is 14.7 Å². The molecule has 0 fully saturated rings. The molecule has 1 N–H and O–H groups in total. The molecule has 0 aromatic heterocycles. The fourth-order valence-electron chi connectivity index (χ4n) is 1.28. The minimum absolute atomic E-state index is 0.0123. The zero-order chi connectivity index (χ0) is 12.4. The van der Waals surface area contributed by atoms with Crippen molar-refractivity contribution in [1.82, 2.24) is 4.90 Å². The van der Waals surface area contributed by atoms with Crippen LogP contribution in [0.15, 0.2) is 0 Å². The first kappa shape index (κ1) is 14.9. The lowest BCUT2D eigenvalue weighted by Gasteiger charge is -2.21. The molecule has 0 aromatic carbocycles. The van der Waals surface area contributed by atoms with Gasteiger partial charge in [-0.25, -0.2) is 0 Å². The van der Waals surface area contributed by atoms with Gasteiger partial charge in [0.25, 0.3) is 0 Å². The molecule has 0 atom stereocenters. The summed E-state index contributed by atoms with van der Waals surface area (Å²) in [7, 11) is 1.56.